The van der Waals surface area contributed by atoms with Crippen LogP contribution in [0.3, 0.4) is 0 Å². The molecule has 2 heterocycles. The van der Waals surface area contributed by atoms with Gasteiger partial charge in [0.15, 0.2) is 5.78 Å². The number of rotatable bonds is 2. The van der Waals surface area contributed by atoms with Gasteiger partial charge in [0.05, 0.1) is 5.92 Å². The number of carbonyl (C=O) groups excluding carboxylic acids is 1. The molecule has 92 valence electrons. The maximum atomic E-state index is 11.9. The van der Waals surface area contributed by atoms with Crippen molar-refractivity contribution in [2.24, 2.45) is 15.9 Å². The number of Topliss-reactive ketones (excluding diaryl/α,β-unsaturated/α-hetero) is 1. The van der Waals surface area contributed by atoms with Crippen molar-refractivity contribution >= 4 is 18.3 Å². The lowest BCUT2D eigenvalue weighted by Crippen LogP contribution is -2.30. The van der Waals surface area contributed by atoms with Crippen LogP contribution in [0.2, 0.25) is 0 Å². The maximum absolute atomic E-state index is 11.9. The molecule has 3 aliphatic rings. The van der Waals surface area contributed by atoms with Crippen LogP contribution in [0, 0.1) is 5.92 Å². The first-order valence-electron chi connectivity index (χ1n) is 6.20. The lowest BCUT2D eigenvalue weighted by molar-refractivity contribution is -0.113. The molecule has 0 aromatic heterocycles. The van der Waals surface area contributed by atoms with Crippen LogP contribution in [-0.4, -0.2) is 24.5 Å². The van der Waals surface area contributed by atoms with E-state index in [0.29, 0.717) is 0 Å². The molecule has 0 aromatic carbocycles. The monoisotopic (exact) mass is 241 g/mol. The Balaban J connectivity index is 2.04. The fourth-order valence-electron chi connectivity index (χ4n) is 2.65. The number of nitrogens with zero attached hydrogens (tertiary/aromatic N) is 2. The molecule has 2 aliphatic heterocycles. The van der Waals surface area contributed by atoms with Crippen LogP contribution in [0.25, 0.3) is 0 Å². The third-order valence-corrected chi connectivity index (χ3v) is 3.49. The Morgan fingerprint density at radius 2 is 2.39 bits per heavy atom. The van der Waals surface area contributed by atoms with Gasteiger partial charge in [0.1, 0.15) is 12.5 Å². The van der Waals surface area contributed by atoms with Gasteiger partial charge in [-0.2, -0.15) is 0 Å². The van der Waals surface area contributed by atoms with Gasteiger partial charge in [0, 0.05) is 17.5 Å². The molecule has 0 aromatic rings. The van der Waals surface area contributed by atoms with Crippen LogP contribution in [0.5, 0.6) is 0 Å². The molecule has 0 amide bonds. The zero-order valence-electron chi connectivity index (χ0n) is 10.3. The molecular formula is C14H15N3O. The van der Waals surface area contributed by atoms with Gasteiger partial charge < -0.3 is 5.32 Å². The SMILES string of the molecule is CC(=O)C1=C(C2=CC=CCC2)NC2N=CN=CC12. The lowest BCUT2D eigenvalue weighted by atomic mass is 9.92. The molecule has 0 saturated carbocycles. The first-order valence-corrected chi connectivity index (χ1v) is 6.20. The Morgan fingerprint density at radius 1 is 1.50 bits per heavy atom. The van der Waals surface area contributed by atoms with Gasteiger partial charge in [-0.3, -0.25) is 4.79 Å². The van der Waals surface area contributed by atoms with Gasteiger partial charge in [0.25, 0.3) is 0 Å². The van der Waals surface area contributed by atoms with Gasteiger partial charge in [-0.25, -0.2) is 9.98 Å². The summed E-state index contributed by atoms with van der Waals surface area (Å²) in [4.78, 5) is 20.2. The number of allylic oxidation sites excluding steroid dienone is 4. The van der Waals surface area contributed by atoms with Crippen LogP contribution < -0.4 is 5.32 Å². The molecule has 4 heteroatoms. The molecule has 0 fully saturated rings. The summed E-state index contributed by atoms with van der Waals surface area (Å²) in [5, 5.41) is 3.36. The number of hydrogen-bond donors (Lipinski definition) is 1. The first-order chi connectivity index (χ1) is 8.77. The topological polar surface area (TPSA) is 53.8 Å². The molecule has 2 unspecified atom stereocenters. The van der Waals surface area contributed by atoms with Crippen LogP contribution in [0.15, 0.2) is 45.1 Å². The van der Waals surface area contributed by atoms with E-state index < -0.39 is 0 Å². The average molecular weight is 241 g/mol. The highest BCUT2D eigenvalue weighted by Crippen LogP contribution is 2.33. The molecule has 0 saturated heterocycles. The van der Waals surface area contributed by atoms with Crippen molar-refractivity contribution in [1.82, 2.24) is 5.32 Å². The highest BCUT2D eigenvalue weighted by Gasteiger charge is 2.37. The van der Waals surface area contributed by atoms with Crippen molar-refractivity contribution in [2.75, 3.05) is 0 Å². The fraction of sp³-hybridized carbons (Fsp3) is 0.357. The van der Waals surface area contributed by atoms with Crippen LogP contribution in [0.1, 0.15) is 19.8 Å². The highest BCUT2D eigenvalue weighted by atomic mass is 16.1. The second kappa shape index (κ2) is 4.37. The molecule has 3 rings (SSSR count). The van der Waals surface area contributed by atoms with E-state index in [1.54, 1.807) is 13.3 Å². The van der Waals surface area contributed by atoms with E-state index in [1.807, 2.05) is 12.3 Å². The molecule has 0 bridgehead atoms. The summed E-state index contributed by atoms with van der Waals surface area (Å²) in [7, 11) is 0. The molecule has 2 atom stereocenters. The van der Waals surface area contributed by atoms with Crippen LogP contribution in [-0.2, 0) is 4.79 Å². The third kappa shape index (κ3) is 1.74. The number of nitrogens with one attached hydrogen (secondary N) is 1. The Kier molecular flexibility index (Phi) is 2.70. The van der Waals surface area contributed by atoms with E-state index in [0.717, 1.165) is 24.1 Å². The predicted molar refractivity (Wildman–Crippen MR) is 71.6 cm³/mol. The van der Waals surface area contributed by atoms with Crippen molar-refractivity contribution in [3.63, 3.8) is 0 Å². The molecule has 18 heavy (non-hydrogen) atoms. The normalized spacial score (nSPS) is 29.1. The molecule has 0 spiro atoms. The average Bonchev–Trinajstić information content (AvgIpc) is 2.79. The van der Waals surface area contributed by atoms with Gasteiger partial charge in [-0.1, -0.05) is 18.2 Å². The molecule has 0 radical (unpaired) electrons. The number of ketones is 1. The zero-order chi connectivity index (χ0) is 12.5. The summed E-state index contributed by atoms with van der Waals surface area (Å²) < 4.78 is 0. The van der Waals surface area contributed by atoms with Gasteiger partial charge in [0.2, 0.25) is 0 Å². The van der Waals surface area contributed by atoms with Gasteiger partial charge >= 0.3 is 0 Å². The largest absolute Gasteiger partial charge is 0.362 e. The maximum Gasteiger partial charge on any atom is 0.158 e. The summed E-state index contributed by atoms with van der Waals surface area (Å²) in [6, 6.07) is 0. The standard InChI is InChI=1S/C14H15N3O/c1-9(18)12-11-7-15-8-16-14(11)17-13(12)10-5-3-2-4-6-10/h2-3,5,7-8,11,14,17H,4,6H2,1H3. The fourth-order valence-corrected chi connectivity index (χ4v) is 2.65. The van der Waals surface area contributed by atoms with Crippen molar-refractivity contribution in [3.8, 4) is 0 Å². The summed E-state index contributed by atoms with van der Waals surface area (Å²) in [6.07, 6.45) is 11.5. The summed E-state index contributed by atoms with van der Waals surface area (Å²) in [5.74, 6) is 0.0818. The number of fused-ring (bicyclic) bond motifs is 1. The summed E-state index contributed by atoms with van der Waals surface area (Å²) in [6.45, 7) is 1.62. The molecule has 1 aliphatic carbocycles. The lowest BCUT2D eigenvalue weighted by Gasteiger charge is -2.16. The zero-order valence-corrected chi connectivity index (χ0v) is 10.3. The number of carbonyl (C=O) groups is 1. The Hall–Kier alpha value is -1.97. The van der Waals surface area contributed by atoms with Crippen molar-refractivity contribution in [1.29, 1.82) is 0 Å². The number of aliphatic imine (C=N–C) groups is 2. The highest BCUT2D eigenvalue weighted by molar-refractivity contribution is 6.01. The quantitative estimate of drug-likeness (QED) is 0.801. The summed E-state index contributed by atoms with van der Waals surface area (Å²) >= 11 is 0. The Bertz CT molecular complexity index is 537. The second-order valence-corrected chi connectivity index (χ2v) is 4.68. The van der Waals surface area contributed by atoms with Crippen molar-refractivity contribution in [2.45, 2.75) is 25.9 Å². The van der Waals surface area contributed by atoms with Crippen LogP contribution >= 0.6 is 0 Å². The van der Waals surface area contributed by atoms with E-state index in [9.17, 15) is 4.79 Å². The Morgan fingerprint density at radius 3 is 3.11 bits per heavy atom. The summed E-state index contributed by atoms with van der Waals surface area (Å²) in [5.41, 5.74) is 2.98. The van der Waals surface area contributed by atoms with E-state index in [-0.39, 0.29) is 17.9 Å². The van der Waals surface area contributed by atoms with E-state index >= 15 is 0 Å². The van der Waals surface area contributed by atoms with Crippen LogP contribution in [0.4, 0.5) is 0 Å². The van der Waals surface area contributed by atoms with E-state index in [4.69, 9.17) is 0 Å². The van der Waals surface area contributed by atoms with Gasteiger partial charge in [-0.15, -0.1) is 0 Å². The smallest absolute Gasteiger partial charge is 0.158 e. The van der Waals surface area contributed by atoms with E-state index in [1.165, 1.54) is 5.57 Å². The number of hydrogen-bond acceptors (Lipinski definition) is 4. The minimum absolute atomic E-state index is 0.0192. The van der Waals surface area contributed by atoms with Gasteiger partial charge in [-0.05, 0) is 25.3 Å². The van der Waals surface area contributed by atoms with Crippen molar-refractivity contribution < 1.29 is 4.79 Å². The minimum Gasteiger partial charge on any atom is -0.362 e. The molecule has 1 N–H and O–H groups in total. The van der Waals surface area contributed by atoms with E-state index in [2.05, 4.69) is 27.5 Å². The Labute approximate surface area is 106 Å². The first kappa shape index (κ1) is 11.1. The molecule has 4 nitrogen and oxygen atoms in total. The van der Waals surface area contributed by atoms with Crippen molar-refractivity contribution in [3.05, 3.63) is 35.1 Å². The molecular weight excluding hydrogens is 226 g/mol. The third-order valence-electron chi connectivity index (χ3n) is 3.49. The predicted octanol–water partition coefficient (Wildman–Crippen LogP) is 1.76. The minimum atomic E-state index is -0.0665. The second-order valence-electron chi connectivity index (χ2n) is 4.68.